The normalized spacial score (nSPS) is 25.0. The van der Waals surface area contributed by atoms with Crippen molar-refractivity contribution in [1.82, 2.24) is 25.5 Å². The van der Waals surface area contributed by atoms with Gasteiger partial charge in [-0.15, -0.1) is 0 Å². The molecular weight excluding hydrogens is 552 g/mol. The van der Waals surface area contributed by atoms with Gasteiger partial charge in [0.15, 0.2) is 0 Å². The Bertz CT molecular complexity index is 1580. The number of likely N-dealkylation sites (tertiary alicyclic amines) is 1. The second-order valence-electron chi connectivity index (χ2n) is 12.9. The van der Waals surface area contributed by atoms with Gasteiger partial charge < -0.3 is 34.9 Å². The van der Waals surface area contributed by atoms with Crippen molar-refractivity contribution in [1.29, 1.82) is 0 Å². The largest absolute Gasteiger partial charge is 0.462 e. The molecule has 2 N–H and O–H groups in total. The van der Waals surface area contributed by atoms with E-state index in [0.717, 1.165) is 57.0 Å². The van der Waals surface area contributed by atoms with Crippen LogP contribution in [0.25, 0.3) is 15.6 Å². The van der Waals surface area contributed by atoms with Crippen LogP contribution >= 0.6 is 0 Å². The molecule has 4 aliphatic heterocycles. The van der Waals surface area contributed by atoms with E-state index in [1.54, 1.807) is 0 Å². The summed E-state index contributed by atoms with van der Waals surface area (Å²) >= 11 is 0. The molecule has 2 aromatic carbocycles. The van der Waals surface area contributed by atoms with Crippen molar-refractivity contribution in [3.63, 3.8) is 0 Å². The van der Waals surface area contributed by atoms with Gasteiger partial charge in [-0.25, -0.2) is 6.57 Å². The number of anilines is 2. The number of nitrogens with one attached hydrogen (secondary N) is 2. The number of carbonyl (C=O) groups excluding carboxylic acids is 1. The van der Waals surface area contributed by atoms with Gasteiger partial charge >= 0.3 is 6.01 Å². The van der Waals surface area contributed by atoms with E-state index in [0.29, 0.717) is 38.3 Å². The van der Waals surface area contributed by atoms with Gasteiger partial charge in [-0.05, 0) is 63.2 Å². The molecule has 0 unspecified atom stereocenters. The minimum atomic E-state index is -0.0809. The van der Waals surface area contributed by atoms with Crippen molar-refractivity contribution in [3.8, 4) is 6.01 Å². The molecule has 1 amide bonds. The maximum absolute atomic E-state index is 12.6. The predicted molar refractivity (Wildman–Crippen MR) is 172 cm³/mol. The number of likely N-dealkylation sites (N-methyl/N-ethyl adjacent to an activating group) is 1. The summed E-state index contributed by atoms with van der Waals surface area (Å²) in [7, 11) is 2.16. The third-order valence-corrected chi connectivity index (χ3v) is 9.94. The molecule has 0 radical (unpaired) electrons. The molecule has 0 spiro atoms. The number of aromatic nitrogens is 2. The lowest BCUT2D eigenvalue weighted by atomic mass is 9.91. The molecule has 7 rings (SSSR count). The number of rotatable bonds is 8. The zero-order chi connectivity index (χ0) is 30.2. The Morgan fingerprint density at radius 1 is 1.14 bits per heavy atom. The van der Waals surface area contributed by atoms with Crippen LogP contribution in [0.4, 0.5) is 11.5 Å². The van der Waals surface area contributed by atoms with Crippen LogP contribution in [-0.2, 0) is 17.8 Å². The van der Waals surface area contributed by atoms with E-state index in [9.17, 15) is 4.79 Å². The molecule has 3 saturated heterocycles. The maximum atomic E-state index is 12.6. The molecule has 44 heavy (non-hydrogen) atoms. The number of benzene rings is 2. The summed E-state index contributed by atoms with van der Waals surface area (Å²) in [4.78, 5) is 33.5. The fourth-order valence-electron chi connectivity index (χ4n) is 7.29. The summed E-state index contributed by atoms with van der Waals surface area (Å²) in [5.74, 6) is 1.01. The number of hydrogen-bond acceptors (Lipinski definition) is 8. The van der Waals surface area contributed by atoms with Crippen molar-refractivity contribution in [2.45, 2.75) is 57.3 Å². The second kappa shape index (κ2) is 12.2. The van der Waals surface area contributed by atoms with E-state index in [1.165, 1.54) is 34.0 Å². The Hall–Kier alpha value is -3.94. The molecule has 0 aliphatic carbocycles. The lowest BCUT2D eigenvalue weighted by molar-refractivity contribution is -0.121. The zero-order valence-corrected chi connectivity index (χ0v) is 25.8. The third-order valence-electron chi connectivity index (χ3n) is 9.94. The van der Waals surface area contributed by atoms with Crippen LogP contribution in [-0.4, -0.2) is 91.8 Å². The topological polar surface area (TPSA) is 100 Å². The molecular formula is C34H42N8O2. The Labute approximate surface area is 259 Å². The van der Waals surface area contributed by atoms with Crippen LogP contribution in [0.1, 0.15) is 36.1 Å². The van der Waals surface area contributed by atoms with Crippen LogP contribution in [0.3, 0.4) is 0 Å². The van der Waals surface area contributed by atoms with Gasteiger partial charge in [0.1, 0.15) is 12.4 Å². The van der Waals surface area contributed by atoms with E-state index in [4.69, 9.17) is 21.3 Å². The number of fused-ring (bicyclic) bond motifs is 2. The first-order valence-electron chi connectivity index (χ1n) is 16.1. The average molecular weight is 595 g/mol. The van der Waals surface area contributed by atoms with Gasteiger partial charge in [0.2, 0.25) is 12.5 Å². The smallest absolute Gasteiger partial charge is 0.318 e. The molecule has 5 heterocycles. The van der Waals surface area contributed by atoms with Crippen molar-refractivity contribution in [2.24, 2.45) is 5.92 Å². The summed E-state index contributed by atoms with van der Waals surface area (Å²) in [6.07, 6.45) is 3.92. The Morgan fingerprint density at radius 3 is 2.75 bits per heavy atom. The molecule has 10 heteroatoms. The van der Waals surface area contributed by atoms with E-state index in [2.05, 4.69) is 80.5 Å². The molecule has 10 nitrogen and oxygen atoms in total. The summed E-state index contributed by atoms with van der Waals surface area (Å²) in [6, 6.07) is 13.8. The first kappa shape index (κ1) is 28.8. The van der Waals surface area contributed by atoms with Crippen LogP contribution in [0, 0.1) is 19.4 Å². The van der Waals surface area contributed by atoms with Gasteiger partial charge in [-0.2, -0.15) is 9.97 Å². The first-order valence-corrected chi connectivity index (χ1v) is 16.1. The Kier molecular flexibility index (Phi) is 8.00. The summed E-state index contributed by atoms with van der Waals surface area (Å²) < 4.78 is 6.35. The number of carbonyl (C=O) groups is 1. The van der Waals surface area contributed by atoms with Crippen LogP contribution < -0.4 is 25.2 Å². The SMILES string of the molecule is [C-]#[N+]C[C@H]1CN(c2nc(OC[C@@H]3CCCN3C)nc3c2CCN(c2cccc4cccc(C)c24)C3)CC[C@H]1NC(=O)[C@H]1CN1. The van der Waals surface area contributed by atoms with Gasteiger partial charge in [0.25, 0.3) is 0 Å². The van der Waals surface area contributed by atoms with Crippen molar-refractivity contribution in [2.75, 3.05) is 62.7 Å². The third kappa shape index (κ3) is 5.78. The van der Waals surface area contributed by atoms with Gasteiger partial charge in [0, 0.05) is 54.9 Å². The highest BCUT2D eigenvalue weighted by Crippen LogP contribution is 2.36. The monoisotopic (exact) mass is 594 g/mol. The van der Waals surface area contributed by atoms with Crippen LogP contribution in [0.2, 0.25) is 0 Å². The van der Waals surface area contributed by atoms with Crippen molar-refractivity contribution >= 4 is 28.2 Å². The van der Waals surface area contributed by atoms with E-state index in [-0.39, 0.29) is 23.9 Å². The summed E-state index contributed by atoms with van der Waals surface area (Å²) in [5, 5.41) is 8.85. The number of aryl methyl sites for hydroxylation is 1. The predicted octanol–water partition coefficient (Wildman–Crippen LogP) is 3.18. The fraction of sp³-hybridized carbons (Fsp3) is 0.529. The Morgan fingerprint density at radius 2 is 1.98 bits per heavy atom. The van der Waals surface area contributed by atoms with Crippen molar-refractivity contribution in [3.05, 3.63) is 64.6 Å². The number of piperidine rings is 1. The molecule has 0 bridgehead atoms. The number of amides is 1. The number of nitrogens with zero attached hydrogens (tertiary/aromatic N) is 6. The molecule has 230 valence electrons. The molecule has 4 atom stereocenters. The number of ether oxygens (including phenoxy) is 1. The molecule has 0 saturated carbocycles. The lowest BCUT2D eigenvalue weighted by Crippen LogP contribution is -2.53. The van der Waals surface area contributed by atoms with Crippen LogP contribution in [0.5, 0.6) is 6.01 Å². The van der Waals surface area contributed by atoms with Gasteiger partial charge in [-0.3, -0.25) is 4.79 Å². The minimum absolute atomic E-state index is 0.00775. The highest BCUT2D eigenvalue weighted by atomic mass is 16.5. The highest BCUT2D eigenvalue weighted by molar-refractivity contribution is 5.97. The zero-order valence-electron chi connectivity index (χ0n) is 25.8. The molecule has 3 aromatic rings. The van der Waals surface area contributed by atoms with E-state index >= 15 is 0 Å². The standard InChI is InChI=1S/C34H42N8O2/c1-22-7-4-8-23-9-5-11-30(31(22)23)41-15-12-26-29(20-41)38-34(44-21-25-10-6-14-40(25)3)39-32(26)42-16-13-27(24(19-42)17-35-2)37-33(43)28-18-36-28/h4-5,7-9,11,24-25,27-28,36H,6,10,12-21H2,1,3H3,(H,37,43)/t24-,25-,27+,28+/m0/s1. The lowest BCUT2D eigenvalue weighted by Gasteiger charge is -2.39. The average Bonchev–Trinajstić information content (AvgIpc) is 3.81. The summed E-state index contributed by atoms with van der Waals surface area (Å²) in [5.41, 5.74) is 4.70. The number of hydrogen-bond donors (Lipinski definition) is 2. The van der Waals surface area contributed by atoms with Crippen molar-refractivity contribution < 1.29 is 9.53 Å². The first-order chi connectivity index (χ1) is 21.5. The minimum Gasteiger partial charge on any atom is -0.462 e. The maximum Gasteiger partial charge on any atom is 0.318 e. The van der Waals surface area contributed by atoms with Gasteiger partial charge in [-0.1, -0.05) is 30.3 Å². The summed E-state index contributed by atoms with van der Waals surface area (Å²) in [6.45, 7) is 15.6. The molecule has 4 aliphatic rings. The highest BCUT2D eigenvalue weighted by Gasteiger charge is 2.38. The quantitative estimate of drug-likeness (QED) is 0.303. The van der Waals surface area contributed by atoms with E-state index in [1.807, 2.05) is 0 Å². The second-order valence-corrected chi connectivity index (χ2v) is 12.9. The van der Waals surface area contributed by atoms with Gasteiger partial charge in [0.05, 0.1) is 24.2 Å². The fourth-order valence-corrected chi connectivity index (χ4v) is 7.29. The van der Waals surface area contributed by atoms with E-state index < -0.39 is 0 Å². The van der Waals surface area contributed by atoms with Crippen LogP contribution in [0.15, 0.2) is 36.4 Å². The molecule has 1 aromatic heterocycles. The molecule has 3 fully saturated rings. The Balaban J connectivity index is 1.19.